The number of hydrogen-bond donors (Lipinski definition) is 1. The van der Waals surface area contributed by atoms with Crippen molar-refractivity contribution >= 4 is 0 Å². The maximum absolute atomic E-state index is 6.02. The van der Waals surface area contributed by atoms with Gasteiger partial charge in [0, 0.05) is 19.2 Å². The number of rotatable bonds is 5. The molecule has 2 fully saturated rings. The summed E-state index contributed by atoms with van der Waals surface area (Å²) in [6.07, 6.45) is 8.39. The Hall–Kier alpha value is -0.120. The van der Waals surface area contributed by atoms with Crippen LogP contribution in [0.4, 0.5) is 0 Å². The zero-order valence-electron chi connectivity index (χ0n) is 12.8. The van der Waals surface area contributed by atoms with Gasteiger partial charge in [-0.2, -0.15) is 0 Å². The molecule has 4 atom stereocenters. The minimum atomic E-state index is 0.458. The number of piperidine rings is 1. The van der Waals surface area contributed by atoms with E-state index < -0.39 is 0 Å². The van der Waals surface area contributed by atoms with E-state index in [4.69, 9.17) is 10.5 Å². The Morgan fingerprint density at radius 3 is 2.74 bits per heavy atom. The lowest BCUT2D eigenvalue weighted by Crippen LogP contribution is -2.52. The van der Waals surface area contributed by atoms with Crippen molar-refractivity contribution < 1.29 is 4.74 Å². The lowest BCUT2D eigenvalue weighted by atomic mass is 9.76. The van der Waals surface area contributed by atoms with E-state index in [1.165, 1.54) is 45.1 Å². The molecule has 2 rings (SSSR count). The van der Waals surface area contributed by atoms with Gasteiger partial charge >= 0.3 is 0 Å². The summed E-state index contributed by atoms with van der Waals surface area (Å²) >= 11 is 0. The second kappa shape index (κ2) is 7.61. The van der Waals surface area contributed by atoms with Crippen LogP contribution in [0, 0.1) is 11.8 Å². The standard InChI is InChI=1S/C16H32N2O/c1-3-13-7-8-14(11-17)16(10-13)18-9-5-6-15(12-18)19-4-2/h13-16H,3-12,17H2,1-2H3. The first-order chi connectivity index (χ1) is 9.28. The third kappa shape index (κ3) is 3.93. The van der Waals surface area contributed by atoms with E-state index in [1.54, 1.807) is 0 Å². The number of hydrogen-bond acceptors (Lipinski definition) is 3. The number of ether oxygens (including phenoxy) is 1. The smallest absolute Gasteiger partial charge is 0.0702 e. The van der Waals surface area contributed by atoms with Crippen LogP contribution in [-0.4, -0.2) is 43.3 Å². The van der Waals surface area contributed by atoms with E-state index in [2.05, 4.69) is 18.7 Å². The molecule has 3 heteroatoms. The van der Waals surface area contributed by atoms with Crippen LogP contribution in [0.2, 0.25) is 0 Å². The van der Waals surface area contributed by atoms with Crippen LogP contribution >= 0.6 is 0 Å². The molecule has 1 aliphatic carbocycles. The van der Waals surface area contributed by atoms with E-state index in [1.807, 2.05) is 0 Å². The summed E-state index contributed by atoms with van der Waals surface area (Å²) in [5, 5.41) is 0. The minimum absolute atomic E-state index is 0.458. The fraction of sp³-hybridized carbons (Fsp3) is 1.00. The Balaban J connectivity index is 1.95. The van der Waals surface area contributed by atoms with Gasteiger partial charge in [0.2, 0.25) is 0 Å². The minimum Gasteiger partial charge on any atom is -0.377 e. The van der Waals surface area contributed by atoms with Crippen molar-refractivity contribution in [1.29, 1.82) is 0 Å². The molecule has 0 aromatic heterocycles. The van der Waals surface area contributed by atoms with Crippen molar-refractivity contribution in [2.75, 3.05) is 26.2 Å². The molecule has 0 radical (unpaired) electrons. The highest BCUT2D eigenvalue weighted by molar-refractivity contribution is 4.89. The Morgan fingerprint density at radius 1 is 1.21 bits per heavy atom. The van der Waals surface area contributed by atoms with Crippen LogP contribution in [0.25, 0.3) is 0 Å². The summed E-state index contributed by atoms with van der Waals surface area (Å²) in [5.41, 5.74) is 6.02. The summed E-state index contributed by atoms with van der Waals surface area (Å²) < 4.78 is 5.85. The molecule has 0 amide bonds. The van der Waals surface area contributed by atoms with Crippen LogP contribution < -0.4 is 5.73 Å². The van der Waals surface area contributed by atoms with Crippen LogP contribution in [-0.2, 0) is 4.74 Å². The maximum Gasteiger partial charge on any atom is 0.0702 e. The fourth-order valence-electron chi connectivity index (χ4n) is 4.03. The predicted octanol–water partition coefficient (Wildman–Crippen LogP) is 2.64. The lowest BCUT2D eigenvalue weighted by molar-refractivity contribution is -0.0274. The second-order valence-corrected chi connectivity index (χ2v) is 6.36. The van der Waals surface area contributed by atoms with Crippen molar-refractivity contribution in [3.8, 4) is 0 Å². The van der Waals surface area contributed by atoms with Crippen molar-refractivity contribution in [2.24, 2.45) is 17.6 Å². The van der Waals surface area contributed by atoms with Gasteiger partial charge in [0.1, 0.15) is 0 Å². The van der Waals surface area contributed by atoms with Gasteiger partial charge in [0.05, 0.1) is 6.10 Å². The van der Waals surface area contributed by atoms with Crippen molar-refractivity contribution in [2.45, 2.75) is 64.5 Å². The van der Waals surface area contributed by atoms with Crippen molar-refractivity contribution in [3.63, 3.8) is 0 Å². The third-order valence-corrected chi connectivity index (χ3v) is 5.23. The Labute approximate surface area is 118 Å². The molecular formula is C16H32N2O. The molecule has 2 N–H and O–H groups in total. The van der Waals surface area contributed by atoms with Gasteiger partial charge in [-0.1, -0.05) is 19.8 Å². The van der Waals surface area contributed by atoms with Gasteiger partial charge in [-0.3, -0.25) is 4.90 Å². The molecule has 112 valence electrons. The van der Waals surface area contributed by atoms with Gasteiger partial charge in [-0.25, -0.2) is 0 Å². The number of nitrogens with two attached hydrogens (primary N) is 1. The number of nitrogens with zero attached hydrogens (tertiary/aromatic N) is 1. The predicted molar refractivity (Wildman–Crippen MR) is 80.2 cm³/mol. The van der Waals surface area contributed by atoms with Gasteiger partial charge < -0.3 is 10.5 Å². The highest BCUT2D eigenvalue weighted by atomic mass is 16.5. The highest BCUT2D eigenvalue weighted by Crippen LogP contribution is 2.35. The normalized spacial score (nSPS) is 37.4. The summed E-state index contributed by atoms with van der Waals surface area (Å²) in [5.74, 6) is 1.63. The van der Waals surface area contributed by atoms with E-state index in [0.29, 0.717) is 18.1 Å². The quantitative estimate of drug-likeness (QED) is 0.833. The van der Waals surface area contributed by atoms with Crippen LogP contribution in [0.1, 0.15) is 52.4 Å². The average molecular weight is 268 g/mol. The monoisotopic (exact) mass is 268 g/mol. The molecule has 1 saturated heterocycles. The van der Waals surface area contributed by atoms with Crippen molar-refractivity contribution in [3.05, 3.63) is 0 Å². The number of likely N-dealkylation sites (tertiary alicyclic amines) is 1. The highest BCUT2D eigenvalue weighted by Gasteiger charge is 2.35. The summed E-state index contributed by atoms with van der Waals surface area (Å²) in [6, 6.07) is 0.715. The Kier molecular flexibility index (Phi) is 6.11. The SMILES string of the molecule is CCOC1CCCN(C2CC(CC)CCC2CN)C1. The zero-order valence-corrected chi connectivity index (χ0v) is 12.8. The van der Waals surface area contributed by atoms with E-state index in [-0.39, 0.29) is 0 Å². The first kappa shape index (κ1) is 15.3. The second-order valence-electron chi connectivity index (χ2n) is 6.36. The molecule has 0 aromatic carbocycles. The maximum atomic E-state index is 6.02. The summed E-state index contributed by atoms with van der Waals surface area (Å²) in [7, 11) is 0. The van der Waals surface area contributed by atoms with Gasteiger partial charge in [-0.05, 0) is 57.5 Å². The molecule has 4 unspecified atom stereocenters. The molecule has 3 nitrogen and oxygen atoms in total. The van der Waals surface area contributed by atoms with E-state index in [0.717, 1.165) is 25.6 Å². The molecule has 0 spiro atoms. The van der Waals surface area contributed by atoms with Crippen LogP contribution in [0.15, 0.2) is 0 Å². The van der Waals surface area contributed by atoms with E-state index in [9.17, 15) is 0 Å². The summed E-state index contributed by atoms with van der Waals surface area (Å²) in [4.78, 5) is 2.70. The fourth-order valence-corrected chi connectivity index (χ4v) is 4.03. The van der Waals surface area contributed by atoms with Gasteiger partial charge in [0.15, 0.2) is 0 Å². The van der Waals surface area contributed by atoms with E-state index >= 15 is 0 Å². The van der Waals surface area contributed by atoms with Crippen molar-refractivity contribution in [1.82, 2.24) is 4.90 Å². The first-order valence-electron chi connectivity index (χ1n) is 8.34. The molecule has 1 saturated carbocycles. The zero-order chi connectivity index (χ0) is 13.7. The molecule has 0 aromatic rings. The van der Waals surface area contributed by atoms with Gasteiger partial charge in [0.25, 0.3) is 0 Å². The lowest BCUT2D eigenvalue weighted by Gasteiger charge is -2.45. The van der Waals surface area contributed by atoms with Crippen LogP contribution in [0.5, 0.6) is 0 Å². The van der Waals surface area contributed by atoms with Gasteiger partial charge in [-0.15, -0.1) is 0 Å². The Bertz CT molecular complexity index is 257. The van der Waals surface area contributed by atoms with Crippen LogP contribution in [0.3, 0.4) is 0 Å². The molecular weight excluding hydrogens is 236 g/mol. The summed E-state index contributed by atoms with van der Waals surface area (Å²) in [6.45, 7) is 8.53. The molecule has 1 heterocycles. The first-order valence-corrected chi connectivity index (χ1v) is 8.34. The third-order valence-electron chi connectivity index (χ3n) is 5.23. The largest absolute Gasteiger partial charge is 0.377 e. The molecule has 1 aliphatic heterocycles. The average Bonchev–Trinajstić information content (AvgIpc) is 2.47. The topological polar surface area (TPSA) is 38.5 Å². The molecule has 2 aliphatic rings. The molecule has 0 bridgehead atoms. The molecule has 19 heavy (non-hydrogen) atoms. The Morgan fingerprint density at radius 2 is 2.05 bits per heavy atom.